The third-order valence-electron chi connectivity index (χ3n) is 5.78. The molecule has 1 aliphatic rings. The van der Waals surface area contributed by atoms with Gasteiger partial charge in [-0.3, -0.25) is 9.69 Å². The van der Waals surface area contributed by atoms with E-state index >= 15 is 0 Å². The highest BCUT2D eigenvalue weighted by Crippen LogP contribution is 2.35. The van der Waals surface area contributed by atoms with Gasteiger partial charge >= 0.3 is 5.97 Å². The van der Waals surface area contributed by atoms with Crippen LogP contribution in [0.1, 0.15) is 21.5 Å². The second-order valence-corrected chi connectivity index (χ2v) is 10.2. The first kappa shape index (κ1) is 24.8. The fourth-order valence-electron chi connectivity index (χ4n) is 3.84. The fraction of sp³-hybridized carbons (Fsp3) is 0.0690. The van der Waals surface area contributed by atoms with Gasteiger partial charge in [-0.1, -0.05) is 48.5 Å². The van der Waals surface area contributed by atoms with Gasteiger partial charge < -0.3 is 9.84 Å². The zero-order valence-electron chi connectivity index (χ0n) is 19.7. The Labute approximate surface area is 226 Å². The molecule has 37 heavy (non-hydrogen) atoms. The number of amidine groups is 1. The molecule has 0 aromatic heterocycles. The summed E-state index contributed by atoms with van der Waals surface area (Å²) < 4.78 is 6.82. The number of hydrogen-bond acceptors (Lipinski definition) is 5. The van der Waals surface area contributed by atoms with E-state index in [9.17, 15) is 14.7 Å². The van der Waals surface area contributed by atoms with Crippen molar-refractivity contribution < 1.29 is 19.4 Å². The summed E-state index contributed by atoms with van der Waals surface area (Å²) in [4.78, 5) is 30.5. The van der Waals surface area contributed by atoms with E-state index in [1.807, 2.05) is 30.3 Å². The van der Waals surface area contributed by atoms with Crippen molar-refractivity contribution >= 4 is 67.3 Å². The summed E-state index contributed by atoms with van der Waals surface area (Å²) in [6.45, 7) is 0.436. The van der Waals surface area contributed by atoms with Crippen LogP contribution in [0.15, 0.2) is 99.3 Å². The maximum absolute atomic E-state index is 12.8. The first-order valence-corrected chi connectivity index (χ1v) is 13.0. The Morgan fingerprint density at radius 2 is 1.84 bits per heavy atom. The number of benzene rings is 4. The number of aliphatic imine (C=N–C) groups is 1. The molecule has 8 heteroatoms. The molecular formula is C29H21BrN2O4S. The summed E-state index contributed by atoms with van der Waals surface area (Å²) in [7, 11) is 1.65. The van der Waals surface area contributed by atoms with Crippen LogP contribution in [0.4, 0.5) is 5.69 Å². The van der Waals surface area contributed by atoms with Crippen LogP contribution in [0.2, 0.25) is 0 Å². The predicted molar refractivity (Wildman–Crippen MR) is 151 cm³/mol. The standard InChI is InChI=1S/C29H21BrN2O4S/c1-32-27(33)26(37-29(32)31-23-8-4-7-22(16-23)28(34)35)15-18-10-12-25(24(30)14-18)36-17-19-9-11-20-5-2-3-6-21(20)13-19/h2-16H,17H2,1H3,(H,34,35). The predicted octanol–water partition coefficient (Wildman–Crippen LogP) is 7.11. The van der Waals surface area contributed by atoms with E-state index in [0.717, 1.165) is 15.6 Å². The number of aromatic carboxylic acids is 1. The molecule has 5 rings (SSSR count). The first-order valence-electron chi connectivity index (χ1n) is 11.4. The zero-order chi connectivity index (χ0) is 25.9. The Kier molecular flexibility index (Phi) is 7.12. The lowest BCUT2D eigenvalue weighted by atomic mass is 10.1. The van der Waals surface area contributed by atoms with E-state index in [1.165, 1.54) is 39.6 Å². The third-order valence-corrected chi connectivity index (χ3v) is 7.46. The molecule has 1 fully saturated rings. The van der Waals surface area contributed by atoms with Crippen LogP contribution in [-0.2, 0) is 11.4 Å². The minimum atomic E-state index is -1.03. The van der Waals surface area contributed by atoms with Crippen LogP contribution < -0.4 is 4.74 Å². The van der Waals surface area contributed by atoms with E-state index < -0.39 is 5.97 Å². The molecule has 1 amide bonds. The zero-order valence-corrected chi connectivity index (χ0v) is 22.1. The van der Waals surface area contributed by atoms with Crippen molar-refractivity contribution in [1.29, 1.82) is 0 Å². The number of ether oxygens (including phenoxy) is 1. The van der Waals surface area contributed by atoms with E-state index in [2.05, 4.69) is 51.3 Å². The Morgan fingerprint density at radius 3 is 2.62 bits per heavy atom. The molecule has 1 N–H and O–H groups in total. The summed E-state index contributed by atoms with van der Waals surface area (Å²) in [6, 6.07) is 26.5. The van der Waals surface area contributed by atoms with Gasteiger partial charge in [-0.05, 0) is 92.1 Å². The van der Waals surface area contributed by atoms with E-state index in [-0.39, 0.29) is 11.5 Å². The smallest absolute Gasteiger partial charge is 0.335 e. The van der Waals surface area contributed by atoms with Crippen molar-refractivity contribution in [1.82, 2.24) is 4.90 Å². The second kappa shape index (κ2) is 10.6. The summed E-state index contributed by atoms with van der Waals surface area (Å²) in [5.41, 5.74) is 2.53. The molecule has 0 unspecified atom stereocenters. The number of rotatable bonds is 6. The quantitative estimate of drug-likeness (QED) is 0.249. The van der Waals surface area contributed by atoms with Gasteiger partial charge in [0.25, 0.3) is 5.91 Å². The molecule has 1 saturated heterocycles. The minimum absolute atomic E-state index is 0.141. The molecule has 6 nitrogen and oxygen atoms in total. The molecule has 0 bridgehead atoms. The molecular weight excluding hydrogens is 552 g/mol. The monoisotopic (exact) mass is 572 g/mol. The number of halogens is 1. The molecule has 0 radical (unpaired) electrons. The molecule has 0 saturated carbocycles. The lowest BCUT2D eigenvalue weighted by Crippen LogP contribution is -2.23. The Bertz CT molecular complexity index is 1600. The van der Waals surface area contributed by atoms with Crippen molar-refractivity contribution in [3.8, 4) is 5.75 Å². The summed E-state index contributed by atoms with van der Waals surface area (Å²) in [5.74, 6) is -0.495. The molecule has 4 aromatic carbocycles. The molecule has 1 aliphatic heterocycles. The van der Waals surface area contributed by atoms with Gasteiger partial charge in [-0.25, -0.2) is 9.79 Å². The van der Waals surface area contributed by atoms with Gasteiger partial charge in [-0.15, -0.1) is 0 Å². The Hall–Kier alpha value is -3.88. The van der Waals surface area contributed by atoms with Gasteiger partial charge in [0.05, 0.1) is 20.6 Å². The summed E-state index contributed by atoms with van der Waals surface area (Å²) in [5, 5.41) is 12.0. The van der Waals surface area contributed by atoms with E-state index in [1.54, 1.807) is 25.3 Å². The van der Waals surface area contributed by atoms with Crippen LogP contribution in [0.5, 0.6) is 5.75 Å². The third kappa shape index (κ3) is 5.60. The average Bonchev–Trinajstić information content (AvgIpc) is 3.15. The lowest BCUT2D eigenvalue weighted by molar-refractivity contribution is -0.121. The Morgan fingerprint density at radius 1 is 1.03 bits per heavy atom. The van der Waals surface area contributed by atoms with Gasteiger partial charge in [-0.2, -0.15) is 0 Å². The minimum Gasteiger partial charge on any atom is -0.488 e. The summed E-state index contributed by atoms with van der Waals surface area (Å²) in [6.07, 6.45) is 1.80. The number of hydrogen-bond donors (Lipinski definition) is 1. The maximum atomic E-state index is 12.8. The molecule has 184 valence electrons. The van der Waals surface area contributed by atoms with Crippen molar-refractivity contribution in [3.63, 3.8) is 0 Å². The van der Waals surface area contributed by atoms with Gasteiger partial charge in [0.15, 0.2) is 5.17 Å². The second-order valence-electron chi connectivity index (χ2n) is 8.38. The SMILES string of the molecule is CN1C(=O)C(=Cc2ccc(OCc3ccc4ccccc4c3)c(Br)c2)SC1=Nc1cccc(C(=O)O)c1. The van der Waals surface area contributed by atoms with Crippen LogP contribution in [0, 0.1) is 0 Å². The van der Waals surface area contributed by atoms with Crippen LogP contribution in [0.3, 0.4) is 0 Å². The number of carboxylic acid groups (broad SMARTS) is 1. The molecule has 1 heterocycles. The number of thioether (sulfide) groups is 1. The first-order chi connectivity index (χ1) is 17.9. The lowest BCUT2D eigenvalue weighted by Gasteiger charge is -2.10. The van der Waals surface area contributed by atoms with Gasteiger partial charge in [0.1, 0.15) is 12.4 Å². The van der Waals surface area contributed by atoms with E-state index in [0.29, 0.717) is 28.1 Å². The number of nitrogens with zero attached hydrogens (tertiary/aromatic N) is 2. The number of amides is 1. The van der Waals surface area contributed by atoms with Gasteiger partial charge in [0, 0.05) is 7.05 Å². The van der Waals surface area contributed by atoms with Crippen LogP contribution >= 0.6 is 27.7 Å². The molecule has 0 atom stereocenters. The Balaban J connectivity index is 1.30. The van der Waals surface area contributed by atoms with Crippen molar-refractivity contribution in [3.05, 3.63) is 111 Å². The van der Waals surface area contributed by atoms with Crippen molar-refractivity contribution in [2.75, 3.05) is 7.05 Å². The maximum Gasteiger partial charge on any atom is 0.335 e. The van der Waals surface area contributed by atoms with Gasteiger partial charge in [0.2, 0.25) is 0 Å². The summed E-state index contributed by atoms with van der Waals surface area (Å²) >= 11 is 4.83. The largest absolute Gasteiger partial charge is 0.488 e. The highest BCUT2D eigenvalue weighted by Gasteiger charge is 2.30. The van der Waals surface area contributed by atoms with Crippen molar-refractivity contribution in [2.24, 2.45) is 4.99 Å². The highest BCUT2D eigenvalue weighted by atomic mass is 79.9. The highest BCUT2D eigenvalue weighted by molar-refractivity contribution is 9.10. The number of carbonyl (C=O) groups excluding carboxylic acids is 1. The molecule has 0 spiro atoms. The number of fused-ring (bicyclic) bond motifs is 1. The normalized spacial score (nSPS) is 15.6. The molecule has 0 aliphatic carbocycles. The fourth-order valence-corrected chi connectivity index (χ4v) is 5.33. The van der Waals surface area contributed by atoms with E-state index in [4.69, 9.17) is 4.74 Å². The van der Waals surface area contributed by atoms with Crippen LogP contribution in [0.25, 0.3) is 16.8 Å². The molecule has 4 aromatic rings. The van der Waals surface area contributed by atoms with Crippen LogP contribution in [-0.4, -0.2) is 34.1 Å². The number of carboxylic acids is 1. The topological polar surface area (TPSA) is 79.2 Å². The van der Waals surface area contributed by atoms with Crippen molar-refractivity contribution in [2.45, 2.75) is 6.61 Å². The average molecular weight is 573 g/mol. The number of carbonyl (C=O) groups is 2. The number of likely N-dealkylation sites (N-methyl/N-ethyl adjacent to an activating group) is 1.